The lowest BCUT2D eigenvalue weighted by molar-refractivity contribution is 0.415. The number of benzene rings is 3. The number of aryl methyl sites for hydroxylation is 1. The minimum Gasteiger partial charge on any atom is -0.497 e. The Morgan fingerprint density at radius 3 is 2.36 bits per heavy atom. The Morgan fingerprint density at radius 1 is 0.893 bits per heavy atom. The fourth-order valence-electron chi connectivity index (χ4n) is 3.28. The van der Waals surface area contributed by atoms with Gasteiger partial charge in [-0.25, -0.2) is 4.79 Å². The van der Waals surface area contributed by atoms with Crippen LogP contribution in [0.3, 0.4) is 0 Å². The molecule has 1 aromatic heterocycles. The third-order valence-electron chi connectivity index (χ3n) is 4.72. The van der Waals surface area contributed by atoms with Crippen LogP contribution in [0.2, 0.25) is 0 Å². The molecule has 3 aromatic carbocycles. The summed E-state index contributed by atoms with van der Waals surface area (Å²) in [6.45, 7) is 1.99. The van der Waals surface area contributed by atoms with Crippen LogP contribution in [-0.4, -0.2) is 7.11 Å². The second-order valence-electron chi connectivity index (χ2n) is 6.65. The van der Waals surface area contributed by atoms with Gasteiger partial charge in [-0.15, -0.1) is 0 Å². The zero-order chi connectivity index (χ0) is 19.5. The van der Waals surface area contributed by atoms with Crippen molar-refractivity contribution in [2.75, 3.05) is 7.11 Å². The van der Waals surface area contributed by atoms with E-state index in [4.69, 9.17) is 9.15 Å². The first-order chi connectivity index (χ1) is 13.7. The molecule has 0 bridgehead atoms. The van der Waals surface area contributed by atoms with E-state index in [0.29, 0.717) is 11.1 Å². The third-order valence-corrected chi connectivity index (χ3v) is 4.72. The van der Waals surface area contributed by atoms with Gasteiger partial charge in [-0.3, -0.25) is 0 Å². The molecule has 0 saturated heterocycles. The molecular weight excluding hydrogens is 348 g/mol. The first-order valence-corrected chi connectivity index (χ1v) is 9.11. The Labute approximate surface area is 163 Å². The molecule has 0 aliphatic carbocycles. The molecule has 138 valence electrons. The molecule has 0 saturated carbocycles. The highest BCUT2D eigenvalue weighted by Crippen LogP contribution is 2.32. The summed E-state index contributed by atoms with van der Waals surface area (Å²) in [5, 5.41) is 0.922. The van der Waals surface area contributed by atoms with Crippen molar-refractivity contribution in [1.29, 1.82) is 0 Å². The largest absolute Gasteiger partial charge is 0.497 e. The summed E-state index contributed by atoms with van der Waals surface area (Å²) < 4.78 is 10.8. The first kappa shape index (κ1) is 17.8. The fourth-order valence-corrected chi connectivity index (χ4v) is 3.28. The van der Waals surface area contributed by atoms with Crippen molar-refractivity contribution in [3.63, 3.8) is 0 Å². The van der Waals surface area contributed by atoms with Gasteiger partial charge >= 0.3 is 5.63 Å². The normalized spacial score (nSPS) is 11.2. The lowest BCUT2D eigenvalue weighted by atomic mass is 9.96. The first-order valence-electron chi connectivity index (χ1n) is 9.11. The molecule has 0 amide bonds. The van der Waals surface area contributed by atoms with Gasteiger partial charge in [0.25, 0.3) is 0 Å². The highest BCUT2D eigenvalue weighted by atomic mass is 16.5. The monoisotopic (exact) mass is 368 g/mol. The number of rotatable bonds is 4. The van der Waals surface area contributed by atoms with Gasteiger partial charge in [0, 0.05) is 10.9 Å². The van der Waals surface area contributed by atoms with Gasteiger partial charge in [0.05, 0.1) is 12.7 Å². The van der Waals surface area contributed by atoms with Crippen LogP contribution in [0.4, 0.5) is 0 Å². The minimum atomic E-state index is -0.346. The van der Waals surface area contributed by atoms with E-state index in [1.807, 2.05) is 91.9 Å². The average Bonchev–Trinajstić information content (AvgIpc) is 2.73. The molecule has 0 radical (unpaired) electrons. The van der Waals surface area contributed by atoms with Crippen LogP contribution in [0.1, 0.15) is 16.7 Å². The van der Waals surface area contributed by atoms with Crippen molar-refractivity contribution in [2.24, 2.45) is 0 Å². The van der Waals surface area contributed by atoms with Crippen molar-refractivity contribution in [1.82, 2.24) is 0 Å². The SMILES string of the molecule is COc1ccc(/C=C/c2c(-c3ccccc3)c3ccc(C)cc3oc2=O)cc1. The molecule has 0 N–H and O–H groups in total. The van der Waals surface area contributed by atoms with Gasteiger partial charge in [0.15, 0.2) is 0 Å². The van der Waals surface area contributed by atoms with Crippen molar-refractivity contribution >= 4 is 23.1 Å². The van der Waals surface area contributed by atoms with E-state index in [1.165, 1.54) is 0 Å². The molecule has 3 nitrogen and oxygen atoms in total. The number of fused-ring (bicyclic) bond motifs is 1. The van der Waals surface area contributed by atoms with E-state index in [9.17, 15) is 4.79 Å². The Hall–Kier alpha value is -3.59. The summed E-state index contributed by atoms with van der Waals surface area (Å²) in [6, 6.07) is 23.6. The molecule has 0 aliphatic heterocycles. The smallest absolute Gasteiger partial charge is 0.344 e. The van der Waals surface area contributed by atoms with Gasteiger partial charge < -0.3 is 9.15 Å². The number of methoxy groups -OCH3 is 1. The van der Waals surface area contributed by atoms with Crippen LogP contribution in [0, 0.1) is 6.92 Å². The average molecular weight is 368 g/mol. The maximum Gasteiger partial charge on any atom is 0.344 e. The van der Waals surface area contributed by atoms with Gasteiger partial charge in [-0.05, 0) is 47.9 Å². The van der Waals surface area contributed by atoms with Crippen LogP contribution < -0.4 is 10.4 Å². The van der Waals surface area contributed by atoms with Gasteiger partial charge in [-0.2, -0.15) is 0 Å². The summed E-state index contributed by atoms with van der Waals surface area (Å²) >= 11 is 0. The lowest BCUT2D eigenvalue weighted by Gasteiger charge is -2.10. The van der Waals surface area contributed by atoms with E-state index in [-0.39, 0.29) is 5.63 Å². The Balaban J connectivity index is 1.91. The summed E-state index contributed by atoms with van der Waals surface area (Å²) in [5.74, 6) is 0.794. The summed E-state index contributed by atoms with van der Waals surface area (Å²) in [5.41, 5.74) is 4.69. The third kappa shape index (κ3) is 3.47. The molecule has 4 rings (SSSR count). The fraction of sp³-hybridized carbons (Fsp3) is 0.0800. The molecule has 0 fully saturated rings. The minimum absolute atomic E-state index is 0.346. The summed E-state index contributed by atoms with van der Waals surface area (Å²) in [7, 11) is 1.64. The molecule has 0 unspecified atom stereocenters. The maximum absolute atomic E-state index is 12.8. The summed E-state index contributed by atoms with van der Waals surface area (Å²) in [6.07, 6.45) is 3.74. The second-order valence-corrected chi connectivity index (χ2v) is 6.65. The van der Waals surface area contributed by atoms with E-state index in [1.54, 1.807) is 7.11 Å². The highest BCUT2D eigenvalue weighted by Gasteiger charge is 2.14. The van der Waals surface area contributed by atoms with Gasteiger partial charge in [-0.1, -0.05) is 60.7 Å². The van der Waals surface area contributed by atoms with E-state index < -0.39 is 0 Å². The molecule has 28 heavy (non-hydrogen) atoms. The predicted octanol–water partition coefficient (Wildman–Crippen LogP) is 5.95. The standard InChI is InChI=1S/C25H20O3/c1-17-8-14-21-23(16-17)28-25(26)22(24(21)19-6-4-3-5-7-19)15-11-18-9-12-20(27-2)13-10-18/h3-16H,1-2H3/b15-11+. The molecule has 0 atom stereocenters. The molecule has 0 aliphatic rings. The van der Waals surface area contributed by atoms with Crippen LogP contribution in [-0.2, 0) is 0 Å². The molecule has 0 spiro atoms. The molecule has 4 aromatic rings. The van der Waals surface area contributed by atoms with Crippen LogP contribution >= 0.6 is 0 Å². The number of hydrogen-bond donors (Lipinski definition) is 0. The lowest BCUT2D eigenvalue weighted by Crippen LogP contribution is -2.06. The predicted molar refractivity (Wildman–Crippen MR) is 115 cm³/mol. The van der Waals surface area contributed by atoms with Crippen LogP contribution in [0.15, 0.2) is 82.0 Å². The van der Waals surface area contributed by atoms with Gasteiger partial charge in [0.2, 0.25) is 0 Å². The topological polar surface area (TPSA) is 39.4 Å². The van der Waals surface area contributed by atoms with Crippen molar-refractivity contribution in [2.45, 2.75) is 6.92 Å². The van der Waals surface area contributed by atoms with Crippen LogP contribution in [0.5, 0.6) is 5.75 Å². The quantitative estimate of drug-likeness (QED) is 0.418. The van der Waals surface area contributed by atoms with Gasteiger partial charge in [0.1, 0.15) is 11.3 Å². The zero-order valence-electron chi connectivity index (χ0n) is 15.8. The Morgan fingerprint density at radius 2 is 1.64 bits per heavy atom. The number of hydrogen-bond acceptors (Lipinski definition) is 3. The van der Waals surface area contributed by atoms with Crippen molar-refractivity contribution in [3.05, 3.63) is 99.9 Å². The maximum atomic E-state index is 12.8. The summed E-state index contributed by atoms with van der Waals surface area (Å²) in [4.78, 5) is 12.8. The van der Waals surface area contributed by atoms with Crippen molar-refractivity contribution < 1.29 is 9.15 Å². The Kier molecular flexibility index (Phi) is 4.81. The number of ether oxygens (including phenoxy) is 1. The molecule has 1 heterocycles. The Bertz CT molecular complexity index is 1200. The van der Waals surface area contributed by atoms with Crippen LogP contribution in [0.25, 0.3) is 34.2 Å². The van der Waals surface area contributed by atoms with Crippen molar-refractivity contribution in [3.8, 4) is 16.9 Å². The molecular formula is C25H20O3. The van der Waals surface area contributed by atoms with E-state index in [2.05, 4.69) is 0 Å². The zero-order valence-corrected chi connectivity index (χ0v) is 15.8. The molecule has 3 heteroatoms. The second kappa shape index (κ2) is 7.57. The van der Waals surface area contributed by atoms with E-state index >= 15 is 0 Å². The van der Waals surface area contributed by atoms with E-state index in [0.717, 1.165) is 33.4 Å². The highest BCUT2D eigenvalue weighted by molar-refractivity contribution is 5.98.